The summed E-state index contributed by atoms with van der Waals surface area (Å²) in [6.07, 6.45) is -3.02. The third-order valence-electron chi connectivity index (χ3n) is 5.80. The zero-order valence-corrected chi connectivity index (χ0v) is 14.6. The number of nitrogens with zero attached hydrogens (tertiary/aromatic N) is 4. The van der Waals surface area contributed by atoms with Crippen LogP contribution in [0.3, 0.4) is 0 Å². The molecule has 2 aromatic heterocycles. The van der Waals surface area contributed by atoms with Crippen LogP contribution in [-0.2, 0) is 4.79 Å². The third-order valence-corrected chi connectivity index (χ3v) is 5.80. The van der Waals surface area contributed by atoms with Gasteiger partial charge in [-0.2, -0.15) is 13.2 Å². The minimum atomic E-state index is -4.92. The van der Waals surface area contributed by atoms with Gasteiger partial charge >= 0.3 is 6.18 Å². The average molecular weight is 383 g/mol. The van der Waals surface area contributed by atoms with Gasteiger partial charge in [0.2, 0.25) is 6.10 Å². The lowest BCUT2D eigenvalue weighted by Crippen LogP contribution is -2.46. The highest BCUT2D eigenvalue weighted by Crippen LogP contribution is 2.42. The number of anilines is 1. The summed E-state index contributed by atoms with van der Waals surface area (Å²) in [6.45, 7) is 0.509. The summed E-state index contributed by atoms with van der Waals surface area (Å²) in [5, 5.41) is 10.1. The van der Waals surface area contributed by atoms with Gasteiger partial charge in [0.05, 0.1) is 5.39 Å². The van der Waals surface area contributed by atoms with Gasteiger partial charge in [0, 0.05) is 32.4 Å². The number of amides is 1. The zero-order chi connectivity index (χ0) is 19.3. The van der Waals surface area contributed by atoms with E-state index in [4.69, 9.17) is 0 Å². The second-order valence-corrected chi connectivity index (χ2v) is 7.38. The highest BCUT2D eigenvalue weighted by molar-refractivity contribution is 5.87. The Morgan fingerprint density at radius 1 is 1.33 bits per heavy atom. The Morgan fingerprint density at radius 3 is 2.63 bits per heavy atom. The Bertz CT molecular complexity index is 840. The van der Waals surface area contributed by atoms with Gasteiger partial charge in [-0.25, -0.2) is 9.97 Å². The molecule has 0 bridgehead atoms. The van der Waals surface area contributed by atoms with Crippen LogP contribution >= 0.6 is 0 Å². The molecule has 1 saturated heterocycles. The molecule has 4 atom stereocenters. The van der Waals surface area contributed by atoms with Crippen molar-refractivity contribution in [1.29, 1.82) is 0 Å². The van der Waals surface area contributed by atoms with Crippen LogP contribution in [0.15, 0.2) is 18.6 Å². The van der Waals surface area contributed by atoms with Crippen molar-refractivity contribution in [2.75, 3.05) is 25.0 Å². The molecule has 1 amide bonds. The molecule has 2 aliphatic rings. The molecule has 1 aliphatic heterocycles. The fourth-order valence-electron chi connectivity index (χ4n) is 4.39. The number of rotatable bonds is 3. The van der Waals surface area contributed by atoms with Gasteiger partial charge in [0.15, 0.2) is 0 Å². The predicted molar refractivity (Wildman–Crippen MR) is 90.9 cm³/mol. The summed E-state index contributed by atoms with van der Waals surface area (Å²) in [6, 6.07) is 2.10. The molecule has 27 heavy (non-hydrogen) atoms. The van der Waals surface area contributed by atoms with E-state index in [2.05, 4.69) is 19.9 Å². The molecule has 2 fully saturated rings. The highest BCUT2D eigenvalue weighted by atomic mass is 19.4. The Labute approximate surface area is 153 Å². The van der Waals surface area contributed by atoms with Crippen LogP contribution in [0.2, 0.25) is 0 Å². The summed E-state index contributed by atoms with van der Waals surface area (Å²) in [5.74, 6) is -0.172. The molecule has 1 unspecified atom stereocenters. The Hall–Kier alpha value is -2.36. The average Bonchev–Trinajstić information content (AvgIpc) is 3.32. The van der Waals surface area contributed by atoms with Crippen LogP contribution < -0.4 is 4.90 Å². The topological polar surface area (TPSA) is 85.4 Å². The Morgan fingerprint density at radius 2 is 2.00 bits per heavy atom. The van der Waals surface area contributed by atoms with Crippen molar-refractivity contribution in [3.8, 4) is 0 Å². The standard InChI is InChI=1S/C17H20F3N5O2/c1-24(15-12-2-3-21-14(12)22-8-23-15)11-4-9-6-25(7-10(9)5-11)16(27)13(26)17(18,19)20/h2-3,8-11,13,26H,4-7H2,1H3,(H,21,22,23)/t9-,10+,11?,13-/m0/s1. The number of hydrogen-bond acceptors (Lipinski definition) is 5. The first-order valence-electron chi connectivity index (χ1n) is 8.80. The van der Waals surface area contributed by atoms with E-state index in [0.717, 1.165) is 34.6 Å². The van der Waals surface area contributed by atoms with Crippen LogP contribution in [0.25, 0.3) is 11.0 Å². The van der Waals surface area contributed by atoms with Gasteiger partial charge in [-0.3, -0.25) is 4.79 Å². The van der Waals surface area contributed by atoms with E-state index in [0.29, 0.717) is 0 Å². The van der Waals surface area contributed by atoms with Gasteiger partial charge < -0.3 is 19.9 Å². The van der Waals surface area contributed by atoms with Crippen LogP contribution in [-0.4, -0.2) is 69.3 Å². The van der Waals surface area contributed by atoms with Crippen LogP contribution in [0.5, 0.6) is 0 Å². The summed E-state index contributed by atoms with van der Waals surface area (Å²) in [4.78, 5) is 26.8. The monoisotopic (exact) mass is 383 g/mol. The molecule has 7 nitrogen and oxygen atoms in total. The van der Waals surface area contributed by atoms with Crippen molar-refractivity contribution in [2.45, 2.75) is 31.2 Å². The third kappa shape index (κ3) is 3.11. The molecule has 3 heterocycles. The molecule has 2 aromatic rings. The van der Waals surface area contributed by atoms with Crippen LogP contribution in [0.4, 0.5) is 19.0 Å². The SMILES string of the molecule is CN(c1ncnc2[nH]ccc12)C1C[C@@H]2CN(C(=O)[C@H](O)C(F)(F)F)C[C@@H]2C1. The Kier molecular flexibility index (Phi) is 4.25. The van der Waals surface area contributed by atoms with Gasteiger partial charge in [-0.15, -0.1) is 0 Å². The Balaban J connectivity index is 1.43. The number of alkyl halides is 3. The number of halogens is 3. The fourth-order valence-corrected chi connectivity index (χ4v) is 4.39. The molecule has 4 rings (SSSR count). The highest BCUT2D eigenvalue weighted by Gasteiger charge is 2.50. The number of aromatic amines is 1. The molecule has 0 spiro atoms. The minimum absolute atomic E-state index is 0.130. The first-order valence-corrected chi connectivity index (χ1v) is 8.80. The van der Waals surface area contributed by atoms with E-state index in [1.165, 1.54) is 6.33 Å². The smallest absolute Gasteiger partial charge is 0.376 e. The van der Waals surface area contributed by atoms with Crippen molar-refractivity contribution in [3.05, 3.63) is 18.6 Å². The van der Waals surface area contributed by atoms with E-state index < -0.39 is 18.2 Å². The number of likely N-dealkylation sites (tertiary alicyclic amines) is 1. The molecule has 0 aromatic carbocycles. The molecule has 1 saturated carbocycles. The second-order valence-electron chi connectivity index (χ2n) is 7.38. The molecule has 146 valence electrons. The largest absolute Gasteiger partial charge is 0.423 e. The van der Waals surface area contributed by atoms with E-state index in [1.807, 2.05) is 13.1 Å². The van der Waals surface area contributed by atoms with Crippen molar-refractivity contribution < 1.29 is 23.1 Å². The number of aliphatic hydroxyl groups excluding tert-OH is 1. The van der Waals surface area contributed by atoms with Gasteiger partial charge in [0.1, 0.15) is 17.8 Å². The number of carbonyl (C=O) groups excluding carboxylic acids is 1. The molecular weight excluding hydrogens is 363 g/mol. The van der Waals surface area contributed by atoms with E-state index in [9.17, 15) is 23.1 Å². The minimum Gasteiger partial charge on any atom is -0.376 e. The van der Waals surface area contributed by atoms with Crippen molar-refractivity contribution in [2.24, 2.45) is 11.8 Å². The summed E-state index contributed by atoms with van der Waals surface area (Å²) in [7, 11) is 1.96. The van der Waals surface area contributed by atoms with Crippen molar-refractivity contribution in [1.82, 2.24) is 19.9 Å². The maximum atomic E-state index is 12.6. The van der Waals surface area contributed by atoms with Crippen LogP contribution in [0.1, 0.15) is 12.8 Å². The number of aliphatic hydroxyl groups is 1. The number of nitrogens with one attached hydrogen (secondary N) is 1. The van der Waals surface area contributed by atoms with E-state index in [-0.39, 0.29) is 31.0 Å². The second kappa shape index (κ2) is 6.36. The lowest BCUT2D eigenvalue weighted by molar-refractivity contribution is -0.210. The lowest BCUT2D eigenvalue weighted by Gasteiger charge is -2.28. The number of fused-ring (bicyclic) bond motifs is 2. The number of carbonyl (C=O) groups is 1. The molecule has 2 N–H and O–H groups in total. The first kappa shape index (κ1) is 18.0. The maximum absolute atomic E-state index is 12.6. The predicted octanol–water partition coefficient (Wildman–Crippen LogP) is 1.55. The number of aromatic nitrogens is 3. The molecule has 1 aliphatic carbocycles. The number of hydrogen-bond donors (Lipinski definition) is 2. The summed E-state index contributed by atoms with van der Waals surface area (Å²) < 4.78 is 37.7. The van der Waals surface area contributed by atoms with E-state index >= 15 is 0 Å². The van der Waals surface area contributed by atoms with Crippen molar-refractivity contribution >= 4 is 22.8 Å². The maximum Gasteiger partial charge on any atom is 0.423 e. The van der Waals surface area contributed by atoms with Gasteiger partial charge in [-0.05, 0) is 30.7 Å². The van der Waals surface area contributed by atoms with Crippen LogP contribution in [0, 0.1) is 11.8 Å². The molecular formula is C17H20F3N5O2. The summed E-state index contributed by atoms with van der Waals surface area (Å²) in [5.41, 5.74) is 0.753. The van der Waals surface area contributed by atoms with Gasteiger partial charge in [-0.1, -0.05) is 0 Å². The number of H-pyrrole nitrogens is 1. The van der Waals surface area contributed by atoms with E-state index in [1.54, 1.807) is 6.20 Å². The first-order chi connectivity index (χ1) is 12.8. The molecule has 10 heteroatoms. The fraction of sp³-hybridized carbons (Fsp3) is 0.588. The quantitative estimate of drug-likeness (QED) is 0.840. The zero-order valence-electron chi connectivity index (χ0n) is 14.6. The van der Waals surface area contributed by atoms with Gasteiger partial charge in [0.25, 0.3) is 5.91 Å². The summed E-state index contributed by atoms with van der Waals surface area (Å²) >= 11 is 0. The van der Waals surface area contributed by atoms with Crippen molar-refractivity contribution in [3.63, 3.8) is 0 Å². The lowest BCUT2D eigenvalue weighted by atomic mass is 10.0. The molecule has 0 radical (unpaired) electrons. The normalized spacial score (nSPS) is 26.4.